The number of alkyl halides is 3. The van der Waals surface area contributed by atoms with Crippen LogP contribution in [-0.2, 0) is 24.0 Å². The lowest BCUT2D eigenvalue weighted by Gasteiger charge is -2.26. The first-order valence-corrected chi connectivity index (χ1v) is 12.7. The van der Waals surface area contributed by atoms with Crippen LogP contribution in [0.3, 0.4) is 0 Å². The van der Waals surface area contributed by atoms with Gasteiger partial charge in [-0.05, 0) is 23.6 Å². The predicted molar refractivity (Wildman–Crippen MR) is 116 cm³/mol. The number of carboxylic acid groups (broad SMARTS) is 1. The summed E-state index contributed by atoms with van der Waals surface area (Å²) in [6.07, 6.45) is -0.0296. The SMILES string of the molecule is O=C(O)CCSC(=O)CCSc1ccc2c3c(cccc13)C(=O)N(OS(=O)(=O)C(F)(F)F)C2=O. The van der Waals surface area contributed by atoms with E-state index in [9.17, 15) is 40.8 Å². The average molecular weight is 538 g/mol. The molecule has 2 amide bonds. The van der Waals surface area contributed by atoms with Gasteiger partial charge < -0.3 is 5.11 Å². The second-order valence-corrected chi connectivity index (χ2v) is 10.5. The molecule has 182 valence electrons. The van der Waals surface area contributed by atoms with Crippen LogP contribution in [0.4, 0.5) is 13.2 Å². The van der Waals surface area contributed by atoms with Crippen LogP contribution in [0, 0.1) is 0 Å². The number of rotatable bonds is 9. The Kier molecular flexibility index (Phi) is 7.59. The number of nitrogens with zero attached hydrogens (tertiary/aromatic N) is 1. The summed E-state index contributed by atoms with van der Waals surface area (Å²) in [4.78, 5) is 48.2. The second kappa shape index (κ2) is 9.93. The summed E-state index contributed by atoms with van der Waals surface area (Å²) in [5.41, 5.74) is -6.30. The summed E-state index contributed by atoms with van der Waals surface area (Å²) in [7, 11) is -6.26. The molecule has 9 nitrogen and oxygen atoms in total. The Bertz CT molecular complexity index is 1270. The topological polar surface area (TPSA) is 135 Å². The molecule has 0 saturated carbocycles. The van der Waals surface area contributed by atoms with Gasteiger partial charge in [0.05, 0.1) is 17.5 Å². The summed E-state index contributed by atoms with van der Waals surface area (Å²) >= 11 is 2.12. The third kappa shape index (κ3) is 5.37. The number of carbonyl (C=O) groups excluding carboxylic acids is 3. The van der Waals surface area contributed by atoms with Crippen molar-refractivity contribution >= 4 is 67.3 Å². The zero-order valence-electron chi connectivity index (χ0n) is 16.8. The number of carboxylic acids is 1. The van der Waals surface area contributed by atoms with Crippen LogP contribution in [0.15, 0.2) is 35.2 Å². The fourth-order valence-electron chi connectivity index (χ4n) is 2.95. The summed E-state index contributed by atoms with van der Waals surface area (Å²) in [5.74, 6) is -3.31. The molecule has 1 aliphatic heterocycles. The van der Waals surface area contributed by atoms with Crippen molar-refractivity contribution in [2.45, 2.75) is 23.2 Å². The Morgan fingerprint density at radius 1 is 1.00 bits per heavy atom. The minimum absolute atomic E-state index is 0.118. The van der Waals surface area contributed by atoms with Crippen LogP contribution in [0.1, 0.15) is 33.6 Å². The highest BCUT2D eigenvalue weighted by Crippen LogP contribution is 2.37. The molecule has 0 fully saturated rings. The molecule has 34 heavy (non-hydrogen) atoms. The highest BCUT2D eigenvalue weighted by molar-refractivity contribution is 8.13. The van der Waals surface area contributed by atoms with Crippen LogP contribution in [0.2, 0.25) is 0 Å². The number of hydrogen-bond donors (Lipinski definition) is 1. The lowest BCUT2D eigenvalue weighted by atomic mass is 9.95. The third-order valence-corrected chi connectivity index (χ3v) is 7.35. The number of hydrogen-bond acceptors (Lipinski definition) is 9. The predicted octanol–water partition coefficient (Wildman–Crippen LogP) is 3.43. The molecule has 0 spiro atoms. The van der Waals surface area contributed by atoms with Gasteiger partial charge in [0.25, 0.3) is 11.8 Å². The highest BCUT2D eigenvalue weighted by atomic mass is 32.2. The van der Waals surface area contributed by atoms with E-state index in [0.717, 1.165) is 11.8 Å². The van der Waals surface area contributed by atoms with E-state index in [1.807, 2.05) is 0 Å². The van der Waals surface area contributed by atoms with Crippen molar-refractivity contribution in [1.82, 2.24) is 5.06 Å². The van der Waals surface area contributed by atoms with E-state index < -0.39 is 38.5 Å². The van der Waals surface area contributed by atoms with Crippen molar-refractivity contribution in [1.29, 1.82) is 0 Å². The van der Waals surface area contributed by atoms with E-state index in [1.54, 1.807) is 6.07 Å². The molecular weight excluding hydrogens is 523 g/mol. The highest BCUT2D eigenvalue weighted by Gasteiger charge is 2.51. The van der Waals surface area contributed by atoms with Crippen LogP contribution in [-0.4, -0.2) is 58.5 Å². The van der Waals surface area contributed by atoms with Gasteiger partial charge in [-0.3, -0.25) is 19.2 Å². The largest absolute Gasteiger partial charge is 0.525 e. The Morgan fingerprint density at radius 2 is 1.65 bits per heavy atom. The minimum atomic E-state index is -6.26. The van der Waals surface area contributed by atoms with Crippen LogP contribution < -0.4 is 0 Å². The van der Waals surface area contributed by atoms with E-state index in [2.05, 4.69) is 4.28 Å². The minimum Gasteiger partial charge on any atom is -0.481 e. The van der Waals surface area contributed by atoms with Crippen molar-refractivity contribution in [2.24, 2.45) is 0 Å². The van der Waals surface area contributed by atoms with Crippen molar-refractivity contribution in [3.8, 4) is 0 Å². The van der Waals surface area contributed by atoms with Crippen molar-refractivity contribution < 1.29 is 50.2 Å². The van der Waals surface area contributed by atoms with Gasteiger partial charge in [-0.25, -0.2) is 0 Å². The zero-order chi connectivity index (χ0) is 25.3. The first-order chi connectivity index (χ1) is 15.8. The summed E-state index contributed by atoms with van der Waals surface area (Å²) in [6.45, 7) is 0. The van der Waals surface area contributed by atoms with E-state index in [0.29, 0.717) is 16.0 Å². The van der Waals surface area contributed by atoms with Gasteiger partial charge in [-0.15, -0.1) is 21.1 Å². The maximum Gasteiger partial charge on any atom is 0.525 e. The van der Waals surface area contributed by atoms with Crippen LogP contribution in [0.5, 0.6) is 0 Å². The fraction of sp³-hybridized carbons (Fsp3) is 0.263. The Balaban J connectivity index is 1.82. The molecule has 15 heteroatoms. The molecular formula is C19H14F3NO8S3. The first kappa shape index (κ1) is 26.0. The number of benzene rings is 2. The number of aliphatic carboxylic acids is 1. The number of thioether (sulfide) groups is 2. The lowest BCUT2D eigenvalue weighted by Crippen LogP contribution is -2.44. The molecule has 2 aromatic carbocycles. The number of carbonyl (C=O) groups is 4. The van der Waals surface area contributed by atoms with Gasteiger partial charge >= 0.3 is 21.6 Å². The van der Waals surface area contributed by atoms with Crippen molar-refractivity contribution in [2.75, 3.05) is 11.5 Å². The van der Waals surface area contributed by atoms with Gasteiger partial charge in [0.15, 0.2) is 5.12 Å². The molecule has 1 heterocycles. The van der Waals surface area contributed by atoms with Gasteiger partial charge in [0.2, 0.25) is 0 Å². The molecule has 0 aliphatic carbocycles. The molecule has 0 saturated heterocycles. The molecule has 2 aromatic rings. The number of amides is 2. The molecule has 0 bridgehead atoms. The maximum atomic E-state index is 12.7. The Hall–Kier alpha value is -2.62. The fourth-order valence-corrected chi connectivity index (χ4v) is 5.24. The quantitative estimate of drug-likeness (QED) is 0.288. The van der Waals surface area contributed by atoms with E-state index >= 15 is 0 Å². The van der Waals surface area contributed by atoms with Crippen molar-refractivity contribution in [3.63, 3.8) is 0 Å². The van der Waals surface area contributed by atoms with E-state index in [-0.39, 0.29) is 40.2 Å². The van der Waals surface area contributed by atoms with E-state index in [1.165, 1.54) is 36.0 Å². The maximum absolute atomic E-state index is 12.7. The van der Waals surface area contributed by atoms with Gasteiger partial charge in [0, 0.05) is 28.2 Å². The average Bonchev–Trinajstić information content (AvgIpc) is 2.74. The summed E-state index contributed by atoms with van der Waals surface area (Å²) in [5, 5.41) is 8.49. The van der Waals surface area contributed by atoms with Gasteiger partial charge in [-0.2, -0.15) is 21.6 Å². The monoisotopic (exact) mass is 537 g/mol. The molecule has 0 atom stereocenters. The normalized spacial score (nSPS) is 14.0. The van der Waals surface area contributed by atoms with Crippen LogP contribution >= 0.6 is 23.5 Å². The summed E-state index contributed by atoms with van der Waals surface area (Å²) < 4.78 is 64.5. The van der Waals surface area contributed by atoms with Crippen molar-refractivity contribution in [3.05, 3.63) is 41.5 Å². The molecule has 0 unspecified atom stereocenters. The Morgan fingerprint density at radius 3 is 2.26 bits per heavy atom. The standard InChI is InChI=1S/C19H14F3NO8S3/c20-19(21,22)34(29,30)31-23-17(27)11-3-1-2-10-13(5-4-12(16(10)11)18(23)28)32-9-7-15(26)33-8-6-14(24)25/h1-5H,6-9H2,(H,24,25). The molecule has 3 rings (SSSR count). The number of imide groups is 1. The molecule has 1 aliphatic rings. The number of halogens is 3. The Labute approximate surface area is 198 Å². The third-order valence-electron chi connectivity index (χ3n) is 4.43. The van der Waals surface area contributed by atoms with Crippen LogP contribution in [0.25, 0.3) is 10.8 Å². The summed E-state index contributed by atoms with van der Waals surface area (Å²) in [6, 6.07) is 6.87. The molecule has 0 aromatic heterocycles. The zero-order valence-corrected chi connectivity index (χ0v) is 19.3. The van der Waals surface area contributed by atoms with Gasteiger partial charge in [0.1, 0.15) is 0 Å². The first-order valence-electron chi connectivity index (χ1n) is 9.29. The lowest BCUT2D eigenvalue weighted by molar-refractivity contribution is -0.136. The molecule has 0 radical (unpaired) electrons. The van der Waals surface area contributed by atoms with Gasteiger partial charge in [-0.1, -0.05) is 23.9 Å². The smallest absolute Gasteiger partial charge is 0.481 e. The van der Waals surface area contributed by atoms with E-state index in [4.69, 9.17) is 5.11 Å². The number of hydroxylamine groups is 2. The molecule has 1 N–H and O–H groups in total. The second-order valence-electron chi connectivity index (χ2n) is 6.68.